The Morgan fingerprint density at radius 2 is 1.52 bits per heavy atom. The summed E-state index contributed by atoms with van der Waals surface area (Å²) in [6.07, 6.45) is 4.62. The average molecular weight is 416 g/mol. The molecule has 0 atom stereocenters. The van der Waals surface area contributed by atoms with E-state index in [-0.39, 0.29) is 29.4 Å². The zero-order valence-corrected chi connectivity index (χ0v) is 16.0. The minimum atomic E-state index is -0.479. The molecule has 0 aliphatic heterocycles. The van der Waals surface area contributed by atoms with Gasteiger partial charge in [0.05, 0.1) is 17.3 Å². The first-order valence-electron chi connectivity index (χ1n) is 9.35. The van der Waals surface area contributed by atoms with Gasteiger partial charge >= 0.3 is 0 Å². The van der Waals surface area contributed by atoms with Gasteiger partial charge in [-0.15, -0.1) is 10.2 Å². The number of fused-ring (bicyclic) bond motifs is 1. The molecule has 3 heterocycles. The predicted octanol–water partition coefficient (Wildman–Crippen LogP) is 4.11. The Morgan fingerprint density at radius 3 is 2.23 bits per heavy atom. The lowest BCUT2D eigenvalue weighted by Gasteiger charge is -2.06. The first-order valence-corrected chi connectivity index (χ1v) is 9.35. The van der Waals surface area contributed by atoms with Crippen LogP contribution in [0.4, 0.5) is 8.78 Å². The highest BCUT2D eigenvalue weighted by atomic mass is 19.1. The first-order chi connectivity index (χ1) is 15.2. The van der Waals surface area contributed by atoms with Crippen LogP contribution < -0.4 is 4.74 Å². The molecule has 0 saturated heterocycles. The van der Waals surface area contributed by atoms with E-state index in [4.69, 9.17) is 4.74 Å². The fraction of sp³-hybridized carbons (Fsp3) is 0.0455. The van der Waals surface area contributed by atoms with Crippen molar-refractivity contribution in [3.63, 3.8) is 0 Å². The van der Waals surface area contributed by atoms with Gasteiger partial charge in [0, 0.05) is 18.0 Å². The summed E-state index contributed by atoms with van der Waals surface area (Å²) < 4.78 is 36.4. The van der Waals surface area contributed by atoms with E-state index in [1.807, 2.05) is 0 Å². The smallest absolute Gasteiger partial charge is 0.242 e. The fourth-order valence-corrected chi connectivity index (χ4v) is 3.24. The second-order valence-corrected chi connectivity index (χ2v) is 6.56. The van der Waals surface area contributed by atoms with Crippen LogP contribution in [-0.4, -0.2) is 29.8 Å². The van der Waals surface area contributed by atoms with Gasteiger partial charge in [-0.25, -0.2) is 23.3 Å². The Balaban J connectivity index is 1.71. The summed E-state index contributed by atoms with van der Waals surface area (Å²) in [4.78, 5) is 8.25. The quantitative estimate of drug-likeness (QED) is 0.429. The summed E-state index contributed by atoms with van der Waals surface area (Å²) in [5.41, 5.74) is 1.28. The van der Waals surface area contributed by atoms with Crippen LogP contribution in [0.5, 0.6) is 5.88 Å². The van der Waals surface area contributed by atoms with Gasteiger partial charge in [0.1, 0.15) is 23.8 Å². The lowest BCUT2D eigenvalue weighted by Crippen LogP contribution is -2.03. The molecular weight excluding hydrogens is 402 g/mol. The molecule has 7 nitrogen and oxygen atoms in total. The molecule has 0 unspecified atom stereocenters. The van der Waals surface area contributed by atoms with E-state index in [9.17, 15) is 8.78 Å². The summed E-state index contributed by atoms with van der Waals surface area (Å²) in [6, 6.07) is 14.1. The third-order valence-corrected chi connectivity index (χ3v) is 4.64. The molecule has 0 fully saturated rings. The van der Waals surface area contributed by atoms with Crippen molar-refractivity contribution in [3.8, 4) is 28.4 Å². The maximum absolute atomic E-state index is 14.7. The summed E-state index contributed by atoms with van der Waals surface area (Å²) >= 11 is 0. The van der Waals surface area contributed by atoms with Crippen molar-refractivity contribution in [1.82, 2.24) is 29.8 Å². The van der Waals surface area contributed by atoms with Crippen molar-refractivity contribution in [1.29, 1.82) is 0 Å². The lowest BCUT2D eigenvalue weighted by atomic mass is 10.1. The molecule has 0 saturated carbocycles. The van der Waals surface area contributed by atoms with Gasteiger partial charge in [-0.05, 0) is 24.3 Å². The Labute approximate surface area is 175 Å². The second kappa shape index (κ2) is 7.86. The SMILES string of the molecule is Fc1ccccc1-c1c(OCc2ncccn2)nn2c(-c3ccccc3F)nncc12. The van der Waals surface area contributed by atoms with E-state index in [0.717, 1.165) is 0 Å². The Kier molecular flexibility index (Phi) is 4.75. The highest BCUT2D eigenvalue weighted by Gasteiger charge is 2.23. The average Bonchev–Trinajstić information content (AvgIpc) is 3.17. The molecule has 0 aliphatic carbocycles. The van der Waals surface area contributed by atoms with Crippen LogP contribution in [0.15, 0.2) is 73.2 Å². The van der Waals surface area contributed by atoms with Crippen LogP contribution in [0.25, 0.3) is 28.0 Å². The van der Waals surface area contributed by atoms with Crippen molar-refractivity contribution >= 4 is 5.52 Å². The molecule has 9 heteroatoms. The number of aromatic nitrogens is 6. The number of halogens is 2. The fourth-order valence-electron chi connectivity index (χ4n) is 3.24. The number of ether oxygens (including phenoxy) is 1. The van der Waals surface area contributed by atoms with Gasteiger partial charge in [0.2, 0.25) is 5.88 Å². The van der Waals surface area contributed by atoms with Gasteiger partial charge in [0.15, 0.2) is 11.6 Å². The van der Waals surface area contributed by atoms with Crippen LogP contribution in [0.3, 0.4) is 0 Å². The zero-order chi connectivity index (χ0) is 21.2. The van der Waals surface area contributed by atoms with Gasteiger partial charge in [-0.1, -0.05) is 30.3 Å². The topological polar surface area (TPSA) is 78.1 Å². The van der Waals surface area contributed by atoms with Crippen molar-refractivity contribution in [2.75, 3.05) is 0 Å². The highest BCUT2D eigenvalue weighted by Crippen LogP contribution is 2.36. The maximum atomic E-state index is 14.7. The van der Waals surface area contributed by atoms with Crippen molar-refractivity contribution in [2.45, 2.75) is 6.61 Å². The van der Waals surface area contributed by atoms with E-state index in [2.05, 4.69) is 25.3 Å². The number of benzene rings is 2. The van der Waals surface area contributed by atoms with Crippen molar-refractivity contribution < 1.29 is 13.5 Å². The van der Waals surface area contributed by atoms with E-state index >= 15 is 0 Å². The van der Waals surface area contributed by atoms with Crippen LogP contribution in [0.2, 0.25) is 0 Å². The number of nitrogens with zero attached hydrogens (tertiary/aromatic N) is 6. The molecular formula is C22H14F2N6O. The molecule has 5 aromatic rings. The van der Waals surface area contributed by atoms with Crippen LogP contribution >= 0.6 is 0 Å². The summed E-state index contributed by atoms with van der Waals surface area (Å²) in [6.45, 7) is 0.0159. The molecule has 5 rings (SSSR count). The van der Waals surface area contributed by atoms with E-state index in [1.165, 1.54) is 22.8 Å². The molecule has 3 aromatic heterocycles. The van der Waals surface area contributed by atoms with Crippen molar-refractivity contribution in [3.05, 3.63) is 90.6 Å². The molecule has 0 N–H and O–H groups in total. The van der Waals surface area contributed by atoms with Crippen LogP contribution in [-0.2, 0) is 6.61 Å². The zero-order valence-electron chi connectivity index (χ0n) is 16.0. The van der Waals surface area contributed by atoms with Gasteiger partial charge in [0.25, 0.3) is 0 Å². The Bertz CT molecular complexity index is 1370. The first kappa shape index (κ1) is 18.7. The maximum Gasteiger partial charge on any atom is 0.242 e. The molecule has 0 bridgehead atoms. The normalized spacial score (nSPS) is 11.0. The van der Waals surface area contributed by atoms with E-state index in [1.54, 1.807) is 54.9 Å². The van der Waals surface area contributed by atoms with Crippen molar-refractivity contribution in [2.24, 2.45) is 0 Å². The Morgan fingerprint density at radius 1 is 0.839 bits per heavy atom. The largest absolute Gasteiger partial charge is 0.468 e. The molecule has 0 amide bonds. The Hall–Kier alpha value is -4.27. The highest BCUT2D eigenvalue weighted by molar-refractivity contribution is 5.85. The summed E-state index contributed by atoms with van der Waals surface area (Å²) in [7, 11) is 0. The van der Waals surface area contributed by atoms with E-state index < -0.39 is 11.6 Å². The van der Waals surface area contributed by atoms with Crippen LogP contribution in [0, 0.1) is 11.6 Å². The number of rotatable bonds is 5. The predicted molar refractivity (Wildman–Crippen MR) is 108 cm³/mol. The van der Waals surface area contributed by atoms with Gasteiger partial charge < -0.3 is 4.74 Å². The minimum absolute atomic E-state index is 0.0159. The van der Waals surface area contributed by atoms with Gasteiger partial charge in [-0.2, -0.15) is 5.10 Å². The number of hydrogen-bond acceptors (Lipinski definition) is 6. The summed E-state index contributed by atoms with van der Waals surface area (Å²) in [5.74, 6) is -0.205. The standard InChI is InChI=1S/C22H14F2N6O/c23-16-8-3-1-6-14(16)20-18-12-27-28-21(15-7-2-4-9-17(15)24)30(18)29-22(20)31-13-19-25-10-5-11-26-19/h1-12H,13H2. The number of hydrogen-bond donors (Lipinski definition) is 0. The van der Waals surface area contributed by atoms with Crippen LogP contribution in [0.1, 0.15) is 5.82 Å². The molecule has 0 aliphatic rings. The van der Waals surface area contributed by atoms with Gasteiger partial charge in [-0.3, -0.25) is 0 Å². The lowest BCUT2D eigenvalue weighted by molar-refractivity contribution is 0.283. The molecule has 31 heavy (non-hydrogen) atoms. The molecule has 2 aromatic carbocycles. The third kappa shape index (κ3) is 3.46. The monoisotopic (exact) mass is 416 g/mol. The van der Waals surface area contributed by atoms with E-state index in [0.29, 0.717) is 16.9 Å². The summed E-state index contributed by atoms with van der Waals surface area (Å²) in [5, 5.41) is 12.5. The molecule has 0 radical (unpaired) electrons. The second-order valence-electron chi connectivity index (χ2n) is 6.56. The minimum Gasteiger partial charge on any atom is -0.468 e. The molecule has 0 spiro atoms. The third-order valence-electron chi connectivity index (χ3n) is 4.64. The molecule has 152 valence electrons.